The van der Waals surface area contributed by atoms with Gasteiger partial charge in [-0.3, -0.25) is 4.79 Å². The molecule has 1 N–H and O–H groups in total. The Hall–Kier alpha value is -1.13. The fourth-order valence-corrected chi connectivity index (χ4v) is 4.72. The molecule has 0 saturated heterocycles. The molecule has 0 heterocycles. The summed E-state index contributed by atoms with van der Waals surface area (Å²) in [5, 5.41) is 9.52. The first-order valence-electron chi connectivity index (χ1n) is 16.9. The van der Waals surface area contributed by atoms with Crippen molar-refractivity contribution in [2.24, 2.45) is 0 Å². The average Bonchev–Trinajstić information content (AvgIpc) is 2.94. The van der Waals surface area contributed by atoms with Crippen LogP contribution in [0, 0.1) is 0 Å². The van der Waals surface area contributed by atoms with E-state index < -0.39 is 6.10 Å². The van der Waals surface area contributed by atoms with Crippen LogP contribution in [0.5, 0.6) is 0 Å². The molecule has 0 aliphatic carbocycles. The number of ether oxygens (including phenoxy) is 2. The maximum Gasteiger partial charge on any atom is 0.306 e. The zero-order valence-electron chi connectivity index (χ0n) is 26.2. The van der Waals surface area contributed by atoms with E-state index in [0.717, 1.165) is 25.7 Å². The van der Waals surface area contributed by atoms with Crippen molar-refractivity contribution < 1.29 is 19.4 Å². The van der Waals surface area contributed by atoms with Crippen molar-refractivity contribution in [1.29, 1.82) is 0 Å². The van der Waals surface area contributed by atoms with Gasteiger partial charge in [-0.1, -0.05) is 147 Å². The van der Waals surface area contributed by atoms with Crippen molar-refractivity contribution in [2.75, 3.05) is 19.8 Å². The van der Waals surface area contributed by atoms with Crippen molar-refractivity contribution in [3.63, 3.8) is 0 Å². The summed E-state index contributed by atoms with van der Waals surface area (Å²) in [6.07, 6.45) is 37.8. The molecule has 0 rings (SSSR count). The molecule has 0 saturated carbocycles. The van der Waals surface area contributed by atoms with Gasteiger partial charge in [0, 0.05) is 13.0 Å². The summed E-state index contributed by atoms with van der Waals surface area (Å²) in [6.45, 7) is 5.26. The summed E-state index contributed by atoms with van der Waals surface area (Å²) in [4.78, 5) is 12.1. The quantitative estimate of drug-likeness (QED) is 0.0530. The molecule has 4 nitrogen and oxygen atoms in total. The number of allylic oxidation sites excluding steroid dienone is 4. The highest BCUT2D eigenvalue weighted by Gasteiger charge is 2.13. The fraction of sp³-hybridized carbons (Fsp3) is 0.857. The van der Waals surface area contributed by atoms with Crippen LogP contribution in [0.2, 0.25) is 0 Å². The normalized spacial score (nSPS) is 12.6. The Bertz CT molecular complexity index is 543. The number of aliphatic hydroxyl groups is 1. The zero-order valence-corrected chi connectivity index (χ0v) is 26.2. The third-order valence-corrected chi connectivity index (χ3v) is 7.26. The average molecular weight is 551 g/mol. The van der Waals surface area contributed by atoms with E-state index in [-0.39, 0.29) is 12.6 Å². The van der Waals surface area contributed by atoms with Gasteiger partial charge in [-0.05, 0) is 38.5 Å². The van der Waals surface area contributed by atoms with Crippen LogP contribution in [0.1, 0.15) is 168 Å². The lowest BCUT2D eigenvalue weighted by Crippen LogP contribution is -2.27. The second-order valence-electron chi connectivity index (χ2n) is 11.2. The topological polar surface area (TPSA) is 55.8 Å². The van der Waals surface area contributed by atoms with Crippen molar-refractivity contribution >= 4 is 5.97 Å². The number of aliphatic hydroxyl groups excluding tert-OH is 1. The van der Waals surface area contributed by atoms with Crippen molar-refractivity contribution in [3.05, 3.63) is 24.3 Å². The Balaban J connectivity index is 3.45. The summed E-state index contributed by atoms with van der Waals surface area (Å²) in [5.74, 6) is -0.205. The first-order chi connectivity index (χ1) is 19.2. The Morgan fingerprint density at radius 2 is 1.13 bits per heavy atom. The van der Waals surface area contributed by atoms with Crippen LogP contribution in [0.3, 0.4) is 0 Å². The molecule has 0 aromatic rings. The largest absolute Gasteiger partial charge is 0.457 e. The summed E-state index contributed by atoms with van der Waals surface area (Å²) in [5.41, 5.74) is 0. The van der Waals surface area contributed by atoms with Gasteiger partial charge in [-0.2, -0.15) is 0 Å². The first-order valence-corrected chi connectivity index (χ1v) is 16.9. The molecule has 230 valence electrons. The molecule has 1 atom stereocenters. The highest BCUT2D eigenvalue weighted by atomic mass is 16.6. The lowest BCUT2D eigenvalue weighted by Gasteiger charge is -2.15. The number of rotatable bonds is 31. The lowest BCUT2D eigenvalue weighted by atomic mass is 10.0. The minimum absolute atomic E-state index is 0.173. The van der Waals surface area contributed by atoms with E-state index in [9.17, 15) is 9.90 Å². The number of carbonyl (C=O) groups excluding carboxylic acids is 1. The van der Waals surface area contributed by atoms with Gasteiger partial charge in [0.25, 0.3) is 0 Å². The molecule has 0 amide bonds. The van der Waals surface area contributed by atoms with Gasteiger partial charge in [-0.25, -0.2) is 0 Å². The highest BCUT2D eigenvalue weighted by molar-refractivity contribution is 5.69. The minimum Gasteiger partial charge on any atom is -0.457 e. The number of esters is 1. The number of hydrogen-bond acceptors (Lipinski definition) is 4. The molecule has 0 bridgehead atoms. The molecule has 0 aliphatic rings. The molecular weight excluding hydrogens is 484 g/mol. The molecule has 1 unspecified atom stereocenters. The Morgan fingerprint density at radius 1 is 0.615 bits per heavy atom. The molecule has 0 aromatic carbocycles. The van der Waals surface area contributed by atoms with E-state index in [1.54, 1.807) is 0 Å². The van der Waals surface area contributed by atoms with Gasteiger partial charge >= 0.3 is 5.97 Å². The summed E-state index contributed by atoms with van der Waals surface area (Å²) in [6, 6.07) is 0. The summed E-state index contributed by atoms with van der Waals surface area (Å²) < 4.78 is 11.1. The molecule has 0 aliphatic heterocycles. The smallest absolute Gasteiger partial charge is 0.306 e. The van der Waals surface area contributed by atoms with Crippen LogP contribution >= 0.6 is 0 Å². The predicted molar refractivity (Wildman–Crippen MR) is 168 cm³/mol. The second kappa shape index (κ2) is 33.1. The maximum absolute atomic E-state index is 12.1. The maximum atomic E-state index is 12.1. The van der Waals surface area contributed by atoms with Crippen LogP contribution in [-0.4, -0.2) is 37.0 Å². The van der Waals surface area contributed by atoms with Crippen LogP contribution in [0.4, 0.5) is 0 Å². The molecule has 0 spiro atoms. The van der Waals surface area contributed by atoms with E-state index in [1.165, 1.54) is 122 Å². The van der Waals surface area contributed by atoms with Crippen molar-refractivity contribution in [2.45, 2.75) is 174 Å². The monoisotopic (exact) mass is 550 g/mol. The van der Waals surface area contributed by atoms with Crippen LogP contribution in [-0.2, 0) is 14.3 Å². The first kappa shape index (κ1) is 37.9. The van der Waals surface area contributed by atoms with Crippen LogP contribution in [0.15, 0.2) is 24.3 Å². The lowest BCUT2D eigenvalue weighted by molar-refractivity contribution is -0.154. The van der Waals surface area contributed by atoms with Gasteiger partial charge in [0.2, 0.25) is 0 Å². The zero-order chi connectivity index (χ0) is 28.5. The third-order valence-electron chi connectivity index (χ3n) is 7.26. The van der Waals surface area contributed by atoms with E-state index in [2.05, 4.69) is 38.2 Å². The Labute approximate surface area is 243 Å². The third kappa shape index (κ3) is 31.3. The van der Waals surface area contributed by atoms with Crippen LogP contribution in [0.25, 0.3) is 0 Å². The van der Waals surface area contributed by atoms with Gasteiger partial charge in [-0.15, -0.1) is 0 Å². The fourth-order valence-electron chi connectivity index (χ4n) is 4.72. The molecule has 0 aromatic heterocycles. The van der Waals surface area contributed by atoms with E-state index in [1.807, 2.05) is 0 Å². The number of carbonyl (C=O) groups is 1. The SMILES string of the molecule is CCC/C=C\C/C=C\CCCCCCCCOCC(CO)OC(=O)CCCCCCCCCCCCCCC. The number of unbranched alkanes of at least 4 members (excludes halogenated alkanes) is 19. The second-order valence-corrected chi connectivity index (χ2v) is 11.2. The minimum atomic E-state index is -0.533. The Morgan fingerprint density at radius 3 is 1.69 bits per heavy atom. The van der Waals surface area contributed by atoms with E-state index in [4.69, 9.17) is 9.47 Å². The summed E-state index contributed by atoms with van der Waals surface area (Å²) >= 11 is 0. The standard InChI is InChI=1S/C35H66O4/c1-3-5-7-9-11-13-15-17-19-21-23-25-27-29-31-38-33-34(32-36)39-35(37)30-28-26-24-22-20-18-16-14-12-10-8-6-4-2/h7,9,13,15,34,36H,3-6,8,10-12,14,16-33H2,1-2H3/b9-7-,15-13-. The van der Waals surface area contributed by atoms with Gasteiger partial charge in [0.15, 0.2) is 0 Å². The predicted octanol–water partition coefficient (Wildman–Crippen LogP) is 10.4. The van der Waals surface area contributed by atoms with Gasteiger partial charge < -0.3 is 14.6 Å². The van der Waals surface area contributed by atoms with Crippen molar-refractivity contribution in [3.8, 4) is 0 Å². The van der Waals surface area contributed by atoms with Gasteiger partial charge in [0.1, 0.15) is 6.10 Å². The molecule has 4 heteroatoms. The van der Waals surface area contributed by atoms with Crippen molar-refractivity contribution in [1.82, 2.24) is 0 Å². The molecule has 0 fully saturated rings. The van der Waals surface area contributed by atoms with Gasteiger partial charge in [0.05, 0.1) is 13.2 Å². The molecule has 0 radical (unpaired) electrons. The van der Waals surface area contributed by atoms with E-state index in [0.29, 0.717) is 19.6 Å². The van der Waals surface area contributed by atoms with Crippen LogP contribution < -0.4 is 0 Å². The Kier molecular flexibility index (Phi) is 32.1. The summed E-state index contributed by atoms with van der Waals surface area (Å²) in [7, 11) is 0. The molecule has 39 heavy (non-hydrogen) atoms. The molecular formula is C35H66O4. The number of hydrogen-bond donors (Lipinski definition) is 1. The highest BCUT2D eigenvalue weighted by Crippen LogP contribution is 2.13. The van der Waals surface area contributed by atoms with E-state index >= 15 is 0 Å².